The number of ketones is 2. The minimum Gasteiger partial charge on any atom is -0.460 e. The predicted octanol–water partition coefficient (Wildman–Crippen LogP) is 5.75. The average molecular weight is 569 g/mol. The molecule has 0 amide bonds. The van der Waals surface area contributed by atoms with Crippen LogP contribution in [0.2, 0.25) is 0 Å². The van der Waals surface area contributed by atoms with Crippen LogP contribution in [-0.4, -0.2) is 60.8 Å². The van der Waals surface area contributed by atoms with Gasteiger partial charge in [0.1, 0.15) is 35.0 Å². The number of esters is 1. The summed E-state index contributed by atoms with van der Waals surface area (Å²) in [6, 6.07) is 7.76. The molecule has 1 spiro atoms. The molecule has 226 valence electrons. The van der Waals surface area contributed by atoms with Gasteiger partial charge in [-0.25, -0.2) is 0 Å². The summed E-state index contributed by atoms with van der Waals surface area (Å²) >= 11 is 0. The Morgan fingerprint density at radius 1 is 1.05 bits per heavy atom. The van der Waals surface area contributed by atoms with E-state index in [0.29, 0.717) is 25.9 Å². The van der Waals surface area contributed by atoms with Crippen LogP contribution < -0.4 is 0 Å². The molecule has 3 fully saturated rings. The maximum Gasteiger partial charge on any atom is 0.306 e. The van der Waals surface area contributed by atoms with Gasteiger partial charge in [0, 0.05) is 38.2 Å². The Bertz CT molecular complexity index is 1140. The van der Waals surface area contributed by atoms with Gasteiger partial charge < -0.3 is 18.9 Å². The first-order valence-electron chi connectivity index (χ1n) is 15.1. The van der Waals surface area contributed by atoms with E-state index in [4.69, 9.17) is 18.9 Å². The fourth-order valence-electron chi connectivity index (χ4n) is 6.31. The van der Waals surface area contributed by atoms with Gasteiger partial charge in [-0.05, 0) is 57.6 Å². The molecule has 6 atom stereocenters. The van der Waals surface area contributed by atoms with E-state index in [9.17, 15) is 14.4 Å². The molecule has 0 aromatic heterocycles. The summed E-state index contributed by atoms with van der Waals surface area (Å²) in [5.41, 5.74) is 2.17. The molecule has 3 aliphatic rings. The lowest BCUT2D eigenvalue weighted by molar-refractivity contribution is -0.171. The lowest BCUT2D eigenvalue weighted by Gasteiger charge is -2.42. The lowest BCUT2D eigenvalue weighted by atomic mass is 9.68. The van der Waals surface area contributed by atoms with Gasteiger partial charge in [-0.3, -0.25) is 14.4 Å². The van der Waals surface area contributed by atoms with E-state index in [1.54, 1.807) is 7.11 Å². The number of allylic oxidation sites excluding steroid dienone is 1. The second-order valence-corrected chi connectivity index (χ2v) is 13.6. The standard InChI is InChI=1S/C34H48O7/c1-22(2)8-16-28-33(6,41-28)31-30(38-7)26(18-19-34(31)21-39-34)40-29(37)17-13-23-9-11-24(12-10-23)20-25(35)14-15-27(36)32(3,4)5/h8-12,26,28,30-31H,13-21H2,1-7H3/t26-,28-,30-,31-,33+,34+/m1/s1. The van der Waals surface area contributed by atoms with Crippen molar-refractivity contribution in [3.63, 3.8) is 0 Å². The molecule has 2 saturated heterocycles. The number of rotatable bonds is 13. The Morgan fingerprint density at radius 2 is 1.71 bits per heavy atom. The molecule has 7 nitrogen and oxygen atoms in total. The number of hydrogen-bond acceptors (Lipinski definition) is 7. The molecule has 1 aromatic carbocycles. The second-order valence-electron chi connectivity index (χ2n) is 13.6. The largest absolute Gasteiger partial charge is 0.460 e. The van der Waals surface area contributed by atoms with E-state index in [1.807, 2.05) is 45.0 Å². The van der Waals surface area contributed by atoms with E-state index in [-0.39, 0.29) is 72.2 Å². The third-order valence-electron chi connectivity index (χ3n) is 9.03. The predicted molar refractivity (Wildman–Crippen MR) is 157 cm³/mol. The Labute approximate surface area is 245 Å². The summed E-state index contributed by atoms with van der Waals surface area (Å²) in [6.07, 6.45) is 5.77. The summed E-state index contributed by atoms with van der Waals surface area (Å²) in [6.45, 7) is 12.6. The van der Waals surface area contributed by atoms with Gasteiger partial charge in [0.05, 0.1) is 18.6 Å². The van der Waals surface area contributed by atoms with Crippen molar-refractivity contribution in [1.82, 2.24) is 0 Å². The van der Waals surface area contributed by atoms with E-state index < -0.39 is 5.41 Å². The third-order valence-corrected chi connectivity index (χ3v) is 9.03. The summed E-state index contributed by atoms with van der Waals surface area (Å²) < 4.78 is 24.3. The molecule has 2 heterocycles. The Morgan fingerprint density at radius 3 is 2.29 bits per heavy atom. The molecule has 1 aromatic rings. The lowest BCUT2D eigenvalue weighted by Crippen LogP contribution is -2.55. The van der Waals surface area contributed by atoms with Crippen molar-refractivity contribution >= 4 is 17.5 Å². The van der Waals surface area contributed by atoms with Crippen molar-refractivity contribution in [3.8, 4) is 0 Å². The van der Waals surface area contributed by atoms with E-state index in [1.165, 1.54) is 5.57 Å². The Balaban J connectivity index is 1.27. The minimum absolute atomic E-state index is 0.00366. The van der Waals surface area contributed by atoms with Crippen LogP contribution in [0.25, 0.3) is 0 Å². The van der Waals surface area contributed by atoms with Crippen LogP contribution >= 0.6 is 0 Å². The monoisotopic (exact) mass is 568 g/mol. The normalized spacial score (nSPS) is 30.5. The summed E-state index contributed by atoms with van der Waals surface area (Å²) in [5.74, 6) is -0.0737. The van der Waals surface area contributed by atoms with Crippen LogP contribution in [-0.2, 0) is 46.2 Å². The number of Topliss-reactive ketones (excluding diaryl/α,β-unsaturated/α-hetero) is 2. The highest BCUT2D eigenvalue weighted by Gasteiger charge is 2.72. The Kier molecular flexibility index (Phi) is 9.62. The fraction of sp³-hybridized carbons (Fsp3) is 0.676. The molecular formula is C34H48O7. The molecule has 0 bridgehead atoms. The molecule has 1 aliphatic carbocycles. The van der Waals surface area contributed by atoms with E-state index in [0.717, 1.165) is 24.0 Å². The fourth-order valence-corrected chi connectivity index (χ4v) is 6.31. The zero-order valence-corrected chi connectivity index (χ0v) is 25.9. The third kappa shape index (κ3) is 7.74. The molecular weight excluding hydrogens is 520 g/mol. The van der Waals surface area contributed by atoms with Crippen molar-refractivity contribution in [1.29, 1.82) is 0 Å². The number of carbonyl (C=O) groups is 3. The number of carbonyl (C=O) groups excluding carboxylic acids is 3. The van der Waals surface area contributed by atoms with Crippen LogP contribution in [0.4, 0.5) is 0 Å². The molecule has 4 rings (SSSR count). The summed E-state index contributed by atoms with van der Waals surface area (Å²) in [4.78, 5) is 37.4. The maximum atomic E-state index is 12.9. The highest BCUT2D eigenvalue weighted by molar-refractivity contribution is 5.89. The number of aryl methyl sites for hydroxylation is 1. The van der Waals surface area contributed by atoms with Gasteiger partial charge in [-0.1, -0.05) is 56.7 Å². The van der Waals surface area contributed by atoms with Crippen molar-refractivity contribution in [2.75, 3.05) is 13.7 Å². The van der Waals surface area contributed by atoms with Crippen molar-refractivity contribution < 1.29 is 33.3 Å². The smallest absolute Gasteiger partial charge is 0.306 e. The van der Waals surface area contributed by atoms with Gasteiger partial charge in [-0.15, -0.1) is 0 Å². The summed E-state index contributed by atoms with van der Waals surface area (Å²) in [5, 5.41) is 0. The van der Waals surface area contributed by atoms with E-state index in [2.05, 4.69) is 26.8 Å². The van der Waals surface area contributed by atoms with Crippen molar-refractivity contribution in [2.24, 2.45) is 11.3 Å². The topological polar surface area (TPSA) is 94.7 Å². The molecule has 0 N–H and O–H groups in total. The second kappa shape index (κ2) is 12.5. The maximum absolute atomic E-state index is 12.9. The van der Waals surface area contributed by atoms with Crippen LogP contribution in [0, 0.1) is 11.3 Å². The van der Waals surface area contributed by atoms with Crippen LogP contribution in [0.3, 0.4) is 0 Å². The van der Waals surface area contributed by atoms with Crippen molar-refractivity contribution in [3.05, 3.63) is 47.0 Å². The van der Waals surface area contributed by atoms with Gasteiger partial charge in [0.25, 0.3) is 0 Å². The number of ether oxygens (including phenoxy) is 4. The molecule has 1 saturated carbocycles. The molecule has 0 radical (unpaired) electrons. The zero-order valence-electron chi connectivity index (χ0n) is 25.9. The minimum atomic E-state index is -0.418. The highest BCUT2D eigenvalue weighted by atomic mass is 16.6. The first kappa shape index (κ1) is 31.6. The molecule has 2 aliphatic heterocycles. The number of hydrogen-bond donors (Lipinski definition) is 0. The number of benzene rings is 1. The van der Waals surface area contributed by atoms with E-state index >= 15 is 0 Å². The Hall–Kier alpha value is -2.35. The highest BCUT2D eigenvalue weighted by Crippen LogP contribution is 2.59. The SMILES string of the molecule is CO[C@@H]1[C@H](OC(=O)CCc2ccc(CC(=O)CCC(=O)C(C)(C)C)cc2)CC[C@]2(CO2)[C@H]1[C@@]1(C)O[C@@H]1CC=C(C)C. The first-order valence-corrected chi connectivity index (χ1v) is 15.1. The average Bonchev–Trinajstić information content (AvgIpc) is 3.83. The molecule has 0 unspecified atom stereocenters. The van der Waals surface area contributed by atoms with Crippen molar-refractivity contribution in [2.45, 2.75) is 122 Å². The molecule has 7 heteroatoms. The zero-order chi connectivity index (χ0) is 30.0. The first-order chi connectivity index (χ1) is 19.3. The van der Waals surface area contributed by atoms with Gasteiger partial charge >= 0.3 is 5.97 Å². The number of methoxy groups -OCH3 is 1. The van der Waals surface area contributed by atoms with Crippen LogP contribution in [0.15, 0.2) is 35.9 Å². The summed E-state index contributed by atoms with van der Waals surface area (Å²) in [7, 11) is 1.69. The molecule has 41 heavy (non-hydrogen) atoms. The number of epoxide rings is 2. The van der Waals surface area contributed by atoms with Gasteiger partial charge in [-0.2, -0.15) is 0 Å². The quantitative estimate of drug-likeness (QED) is 0.170. The van der Waals surface area contributed by atoms with Crippen LogP contribution in [0.1, 0.15) is 91.2 Å². The van der Waals surface area contributed by atoms with Crippen LogP contribution in [0.5, 0.6) is 0 Å². The van der Waals surface area contributed by atoms with Gasteiger partial charge in [0.15, 0.2) is 0 Å². The van der Waals surface area contributed by atoms with Gasteiger partial charge in [0.2, 0.25) is 0 Å².